The van der Waals surface area contributed by atoms with E-state index in [0.29, 0.717) is 6.04 Å². The van der Waals surface area contributed by atoms with E-state index >= 15 is 0 Å². The molecule has 1 aliphatic heterocycles. The van der Waals surface area contributed by atoms with Crippen LogP contribution in [0.2, 0.25) is 0 Å². The Morgan fingerprint density at radius 2 is 1.93 bits per heavy atom. The minimum atomic E-state index is -0.464. The molecule has 1 saturated heterocycles. The summed E-state index contributed by atoms with van der Waals surface area (Å²) < 4.78 is 10.1. The van der Waals surface area contributed by atoms with Crippen molar-refractivity contribution in [2.24, 2.45) is 12.5 Å². The smallest absolute Gasteiger partial charge is 0.410 e. The zero-order valence-corrected chi connectivity index (χ0v) is 19.1. The second kappa shape index (κ2) is 6.72. The Kier molecular flexibility index (Phi) is 4.68. The Balaban J connectivity index is 1.46. The number of hydrogen-bond donors (Lipinski definition) is 0. The summed E-state index contributed by atoms with van der Waals surface area (Å²) in [5, 5.41) is 4.83. The second-order valence-corrected chi connectivity index (χ2v) is 10.2. The number of carbonyl (C=O) groups is 1. The van der Waals surface area contributed by atoms with Gasteiger partial charge in [0.1, 0.15) is 11.3 Å². The predicted octanol–water partition coefficient (Wildman–Crippen LogP) is 3.89. The van der Waals surface area contributed by atoms with Gasteiger partial charge in [0.2, 0.25) is 0 Å². The van der Waals surface area contributed by atoms with E-state index < -0.39 is 5.60 Å². The fourth-order valence-corrected chi connectivity index (χ4v) is 4.87. The van der Waals surface area contributed by atoms with Gasteiger partial charge in [0, 0.05) is 31.6 Å². The van der Waals surface area contributed by atoms with Gasteiger partial charge in [-0.25, -0.2) is 4.79 Å². The quantitative estimate of drug-likeness (QED) is 0.678. The first-order valence-electron chi connectivity index (χ1n) is 9.89. The van der Waals surface area contributed by atoms with Crippen molar-refractivity contribution in [3.8, 4) is 11.4 Å². The average Bonchev–Trinajstić information content (AvgIpc) is 2.82. The third kappa shape index (κ3) is 3.52. The van der Waals surface area contributed by atoms with Gasteiger partial charge < -0.3 is 14.2 Å². The summed E-state index contributed by atoms with van der Waals surface area (Å²) in [6.07, 6.45) is 1.76. The molecule has 29 heavy (non-hydrogen) atoms. The Hall–Kier alpha value is -2.09. The molecule has 0 aromatic carbocycles. The Labute approximate surface area is 178 Å². The van der Waals surface area contributed by atoms with E-state index in [0.717, 1.165) is 47.5 Å². The molecule has 156 valence electrons. The zero-order chi connectivity index (χ0) is 21.1. The van der Waals surface area contributed by atoms with E-state index in [1.807, 2.05) is 33.8 Å². The van der Waals surface area contributed by atoms with Crippen molar-refractivity contribution in [1.82, 2.24) is 19.2 Å². The molecular weight excluding hydrogens is 436 g/mol. The minimum Gasteiger partial charge on any atom is -0.444 e. The van der Waals surface area contributed by atoms with E-state index in [2.05, 4.69) is 20.6 Å². The third-order valence-corrected chi connectivity index (χ3v) is 6.84. The molecule has 1 aliphatic carbocycles. The van der Waals surface area contributed by atoms with Crippen molar-refractivity contribution in [3.05, 3.63) is 38.7 Å². The summed E-state index contributed by atoms with van der Waals surface area (Å²) in [5.41, 5.74) is 2.30. The molecule has 0 atom stereocenters. The van der Waals surface area contributed by atoms with Crippen LogP contribution in [0.5, 0.6) is 0 Å². The summed E-state index contributed by atoms with van der Waals surface area (Å²) in [7, 11) is 1.76. The van der Waals surface area contributed by atoms with Gasteiger partial charge in [-0.15, -0.1) is 0 Å². The van der Waals surface area contributed by atoms with Crippen LogP contribution in [0.15, 0.2) is 27.5 Å². The maximum absolute atomic E-state index is 12.2. The number of likely N-dealkylation sites (tertiary alicyclic amines) is 1. The van der Waals surface area contributed by atoms with Crippen LogP contribution in [-0.4, -0.2) is 44.0 Å². The maximum atomic E-state index is 12.2. The Morgan fingerprint density at radius 3 is 2.55 bits per heavy atom. The molecule has 0 unspecified atom stereocenters. The highest BCUT2D eigenvalue weighted by molar-refractivity contribution is 9.10. The topological polar surface area (TPSA) is 69.4 Å². The fraction of sp³-hybridized carbons (Fsp3) is 0.571. The summed E-state index contributed by atoms with van der Waals surface area (Å²) in [6.45, 7) is 9.20. The monoisotopic (exact) mass is 462 g/mol. The van der Waals surface area contributed by atoms with E-state index in [-0.39, 0.29) is 17.1 Å². The lowest BCUT2D eigenvalue weighted by atomic mass is 9.61. The zero-order valence-electron chi connectivity index (χ0n) is 17.5. The number of hydrogen-bond acceptors (Lipinski definition) is 4. The first kappa shape index (κ1) is 20.2. The minimum absolute atomic E-state index is 0.0547. The van der Waals surface area contributed by atoms with E-state index in [9.17, 15) is 9.59 Å². The van der Waals surface area contributed by atoms with Gasteiger partial charge in [-0.1, -0.05) is 6.07 Å². The SMILES string of the molecule is Cc1c(Br)c(-c2cccc(=O)n2C)nn1C1CC2(C1)CN(C(=O)OC(C)(C)C)C2. The molecule has 2 aromatic heterocycles. The van der Waals surface area contributed by atoms with Crippen LogP contribution in [0.4, 0.5) is 4.79 Å². The summed E-state index contributed by atoms with van der Waals surface area (Å²) in [4.78, 5) is 26.0. The molecule has 1 saturated carbocycles. The number of pyridine rings is 1. The molecule has 2 aliphatic rings. The highest BCUT2D eigenvalue weighted by Gasteiger charge is 2.55. The van der Waals surface area contributed by atoms with E-state index in [1.54, 1.807) is 28.6 Å². The third-order valence-electron chi connectivity index (χ3n) is 5.89. The van der Waals surface area contributed by atoms with Gasteiger partial charge in [0.15, 0.2) is 0 Å². The number of rotatable bonds is 2. The van der Waals surface area contributed by atoms with Gasteiger partial charge in [-0.3, -0.25) is 9.48 Å². The van der Waals surface area contributed by atoms with E-state index in [4.69, 9.17) is 9.84 Å². The molecule has 0 N–H and O–H groups in total. The molecule has 1 spiro atoms. The molecule has 4 rings (SSSR count). The van der Waals surface area contributed by atoms with Gasteiger partial charge >= 0.3 is 6.09 Å². The van der Waals surface area contributed by atoms with Gasteiger partial charge in [-0.05, 0) is 62.5 Å². The first-order valence-corrected chi connectivity index (χ1v) is 10.7. The van der Waals surface area contributed by atoms with Crippen molar-refractivity contribution < 1.29 is 9.53 Å². The molecule has 2 aromatic rings. The fourth-order valence-electron chi connectivity index (χ4n) is 4.41. The van der Waals surface area contributed by atoms with Crippen LogP contribution in [0, 0.1) is 12.3 Å². The predicted molar refractivity (Wildman–Crippen MR) is 114 cm³/mol. The van der Waals surface area contributed by atoms with Crippen molar-refractivity contribution >= 4 is 22.0 Å². The molecule has 7 nitrogen and oxygen atoms in total. The molecule has 1 amide bonds. The first-order chi connectivity index (χ1) is 13.5. The van der Waals surface area contributed by atoms with Crippen LogP contribution in [-0.2, 0) is 11.8 Å². The normalized spacial score (nSPS) is 18.5. The number of ether oxygens (including phenoxy) is 1. The maximum Gasteiger partial charge on any atom is 0.410 e. The number of nitrogens with zero attached hydrogens (tertiary/aromatic N) is 4. The summed E-state index contributed by atoms with van der Waals surface area (Å²) in [6, 6.07) is 5.52. The molecule has 2 fully saturated rings. The largest absolute Gasteiger partial charge is 0.444 e. The van der Waals surface area contributed by atoms with E-state index in [1.165, 1.54) is 0 Å². The summed E-state index contributed by atoms with van der Waals surface area (Å²) >= 11 is 3.67. The van der Waals surface area contributed by atoms with Crippen LogP contribution in [0.1, 0.15) is 45.3 Å². The molecule has 3 heterocycles. The van der Waals surface area contributed by atoms with Gasteiger partial charge in [0.05, 0.1) is 21.9 Å². The standard InChI is InChI=1S/C21H27BrN4O3/c1-13-17(22)18(15-7-6-8-16(27)24(15)5)23-26(13)14-9-21(10-14)11-25(12-21)19(28)29-20(2,3)4/h6-8,14H,9-12H2,1-5H3. The molecule has 0 bridgehead atoms. The van der Waals surface area contributed by atoms with Crippen LogP contribution >= 0.6 is 15.9 Å². The highest BCUT2D eigenvalue weighted by Crippen LogP contribution is 2.55. The number of aromatic nitrogens is 3. The Bertz CT molecular complexity index is 1020. The lowest BCUT2D eigenvalue weighted by molar-refractivity contribution is -0.0930. The molecule has 8 heteroatoms. The van der Waals surface area contributed by atoms with Crippen molar-refractivity contribution in [2.45, 2.75) is 52.2 Å². The van der Waals surface area contributed by atoms with Crippen molar-refractivity contribution in [3.63, 3.8) is 0 Å². The summed E-state index contributed by atoms with van der Waals surface area (Å²) in [5.74, 6) is 0. The molecule has 0 radical (unpaired) electrons. The lowest BCUT2D eigenvalue weighted by Crippen LogP contribution is -2.64. The molecular formula is C21H27BrN4O3. The van der Waals surface area contributed by atoms with Crippen LogP contribution in [0.25, 0.3) is 11.4 Å². The van der Waals surface area contributed by atoms with Crippen LogP contribution < -0.4 is 5.56 Å². The van der Waals surface area contributed by atoms with Crippen molar-refractivity contribution in [2.75, 3.05) is 13.1 Å². The lowest BCUT2D eigenvalue weighted by Gasteiger charge is -2.58. The van der Waals surface area contributed by atoms with Crippen molar-refractivity contribution in [1.29, 1.82) is 0 Å². The Morgan fingerprint density at radius 1 is 1.28 bits per heavy atom. The second-order valence-electron chi connectivity index (χ2n) is 9.40. The average molecular weight is 463 g/mol. The van der Waals surface area contributed by atoms with Gasteiger partial charge in [-0.2, -0.15) is 5.10 Å². The van der Waals surface area contributed by atoms with Crippen LogP contribution in [0.3, 0.4) is 0 Å². The number of amides is 1. The number of carbonyl (C=O) groups excluding carboxylic acids is 1. The highest BCUT2D eigenvalue weighted by atomic mass is 79.9. The number of halogens is 1. The van der Waals surface area contributed by atoms with Gasteiger partial charge in [0.25, 0.3) is 5.56 Å².